The van der Waals surface area contributed by atoms with Crippen molar-refractivity contribution in [2.24, 2.45) is 11.8 Å². The molecule has 0 aromatic heterocycles. The topological polar surface area (TPSA) is 32.3 Å². The van der Waals surface area contributed by atoms with Crippen LogP contribution >= 0.6 is 0 Å². The Kier molecular flexibility index (Phi) is 1.60. The fourth-order valence-electron chi connectivity index (χ4n) is 2.08. The third-order valence-corrected chi connectivity index (χ3v) is 2.87. The molecule has 2 unspecified atom stereocenters. The zero-order valence-corrected chi connectivity index (χ0v) is 6.84. The first-order chi connectivity index (χ1) is 5.29. The minimum absolute atomic E-state index is 0.286. The number of hydrogen-bond acceptors (Lipinski definition) is 2. The molecule has 0 spiro atoms. The molecule has 0 radical (unpaired) electrons. The third-order valence-electron chi connectivity index (χ3n) is 2.87. The van der Waals surface area contributed by atoms with Crippen molar-refractivity contribution in [2.45, 2.75) is 6.42 Å². The lowest BCUT2D eigenvalue weighted by molar-refractivity contribution is -0.137. The van der Waals surface area contributed by atoms with E-state index in [4.69, 9.17) is 0 Å². The summed E-state index contributed by atoms with van der Waals surface area (Å²) in [4.78, 5) is 13.3. The van der Waals surface area contributed by atoms with E-state index in [0.29, 0.717) is 11.8 Å². The fraction of sp³-hybridized carbons (Fsp3) is 0.875. The smallest absolute Gasteiger partial charge is 0.227 e. The first-order valence-electron chi connectivity index (χ1n) is 4.25. The third kappa shape index (κ3) is 1.03. The summed E-state index contributed by atoms with van der Waals surface area (Å²) >= 11 is 0. The van der Waals surface area contributed by atoms with Crippen molar-refractivity contribution in [3.8, 4) is 0 Å². The molecule has 0 saturated carbocycles. The zero-order valence-electron chi connectivity index (χ0n) is 6.84. The maximum Gasteiger partial charge on any atom is 0.227 e. The highest BCUT2D eigenvalue weighted by molar-refractivity contribution is 5.80. The number of piperidine rings is 1. The minimum Gasteiger partial charge on any atom is -0.345 e. The van der Waals surface area contributed by atoms with Gasteiger partial charge in [0, 0.05) is 20.1 Å². The van der Waals surface area contributed by atoms with Gasteiger partial charge in [-0.05, 0) is 18.9 Å². The lowest BCUT2D eigenvalue weighted by Crippen LogP contribution is -2.42. The summed E-state index contributed by atoms with van der Waals surface area (Å²) in [6.07, 6.45) is 1.18. The molecule has 2 rings (SSSR count). The van der Waals surface area contributed by atoms with Gasteiger partial charge in [-0.25, -0.2) is 0 Å². The predicted molar refractivity (Wildman–Crippen MR) is 42.1 cm³/mol. The lowest BCUT2D eigenvalue weighted by Gasteiger charge is -2.30. The fourth-order valence-corrected chi connectivity index (χ4v) is 2.08. The largest absolute Gasteiger partial charge is 0.345 e. The number of amides is 1. The summed E-state index contributed by atoms with van der Waals surface area (Å²) in [6.45, 7) is 2.89. The second-order valence-electron chi connectivity index (χ2n) is 3.57. The SMILES string of the molecule is CN1CCC2CNCC2C1=O. The Bertz CT molecular complexity index is 181. The molecule has 11 heavy (non-hydrogen) atoms. The van der Waals surface area contributed by atoms with Crippen molar-refractivity contribution < 1.29 is 4.79 Å². The molecule has 2 aliphatic heterocycles. The Morgan fingerprint density at radius 2 is 2.36 bits per heavy atom. The van der Waals surface area contributed by atoms with Gasteiger partial charge in [-0.15, -0.1) is 0 Å². The van der Waals surface area contributed by atoms with E-state index in [1.54, 1.807) is 0 Å². The van der Waals surface area contributed by atoms with Gasteiger partial charge >= 0.3 is 0 Å². The number of likely N-dealkylation sites (tertiary alicyclic amines) is 1. The minimum atomic E-state index is 0.286. The average molecular weight is 154 g/mol. The summed E-state index contributed by atoms with van der Waals surface area (Å²) in [5.41, 5.74) is 0. The van der Waals surface area contributed by atoms with Crippen LogP contribution in [-0.4, -0.2) is 37.5 Å². The van der Waals surface area contributed by atoms with E-state index in [1.807, 2.05) is 11.9 Å². The highest BCUT2D eigenvalue weighted by Gasteiger charge is 2.37. The molecule has 0 aromatic rings. The van der Waals surface area contributed by atoms with Gasteiger partial charge in [-0.3, -0.25) is 4.79 Å². The van der Waals surface area contributed by atoms with Crippen LogP contribution in [0.5, 0.6) is 0 Å². The van der Waals surface area contributed by atoms with Gasteiger partial charge in [0.25, 0.3) is 0 Å². The van der Waals surface area contributed by atoms with Crippen LogP contribution in [0.4, 0.5) is 0 Å². The van der Waals surface area contributed by atoms with Gasteiger partial charge in [0.2, 0.25) is 5.91 Å². The van der Waals surface area contributed by atoms with Gasteiger partial charge in [-0.2, -0.15) is 0 Å². The van der Waals surface area contributed by atoms with E-state index in [2.05, 4.69) is 5.32 Å². The van der Waals surface area contributed by atoms with E-state index in [0.717, 1.165) is 19.6 Å². The first kappa shape index (κ1) is 7.10. The van der Waals surface area contributed by atoms with E-state index in [-0.39, 0.29) is 5.92 Å². The normalized spacial score (nSPS) is 37.5. The summed E-state index contributed by atoms with van der Waals surface area (Å²) < 4.78 is 0. The molecule has 2 aliphatic rings. The van der Waals surface area contributed by atoms with Crippen molar-refractivity contribution in [3.05, 3.63) is 0 Å². The molecule has 0 aromatic carbocycles. The van der Waals surface area contributed by atoms with Crippen LogP contribution in [0.1, 0.15) is 6.42 Å². The Morgan fingerprint density at radius 3 is 3.18 bits per heavy atom. The monoisotopic (exact) mass is 154 g/mol. The molecule has 1 N–H and O–H groups in total. The molecule has 2 saturated heterocycles. The Morgan fingerprint density at radius 1 is 1.55 bits per heavy atom. The van der Waals surface area contributed by atoms with Crippen LogP contribution in [0.3, 0.4) is 0 Å². The second kappa shape index (κ2) is 2.48. The number of rotatable bonds is 0. The van der Waals surface area contributed by atoms with Gasteiger partial charge in [0.05, 0.1) is 5.92 Å². The zero-order chi connectivity index (χ0) is 7.84. The maximum atomic E-state index is 11.5. The molecule has 3 nitrogen and oxygen atoms in total. The summed E-state index contributed by atoms with van der Waals surface area (Å²) in [5, 5.41) is 3.27. The molecule has 1 amide bonds. The van der Waals surface area contributed by atoms with Crippen LogP contribution in [-0.2, 0) is 4.79 Å². The van der Waals surface area contributed by atoms with Crippen molar-refractivity contribution >= 4 is 5.91 Å². The number of nitrogens with one attached hydrogen (secondary N) is 1. The van der Waals surface area contributed by atoms with Crippen molar-refractivity contribution in [3.63, 3.8) is 0 Å². The molecule has 2 atom stereocenters. The number of nitrogens with zero attached hydrogens (tertiary/aromatic N) is 1. The van der Waals surface area contributed by atoms with Gasteiger partial charge < -0.3 is 10.2 Å². The average Bonchev–Trinajstić information content (AvgIpc) is 2.45. The van der Waals surface area contributed by atoms with Crippen LogP contribution in [0, 0.1) is 11.8 Å². The molecule has 2 heterocycles. The Hall–Kier alpha value is -0.570. The van der Waals surface area contributed by atoms with Crippen molar-refractivity contribution in [1.82, 2.24) is 10.2 Å². The molecule has 3 heteroatoms. The first-order valence-corrected chi connectivity index (χ1v) is 4.25. The number of fused-ring (bicyclic) bond motifs is 1. The van der Waals surface area contributed by atoms with Crippen LogP contribution in [0.15, 0.2) is 0 Å². The van der Waals surface area contributed by atoms with Crippen molar-refractivity contribution in [2.75, 3.05) is 26.7 Å². The van der Waals surface area contributed by atoms with Crippen LogP contribution in [0.2, 0.25) is 0 Å². The Balaban J connectivity index is 2.12. The quantitative estimate of drug-likeness (QED) is 0.519. The molecule has 0 bridgehead atoms. The second-order valence-corrected chi connectivity index (χ2v) is 3.57. The highest BCUT2D eigenvalue weighted by atomic mass is 16.2. The molecule has 62 valence electrons. The van der Waals surface area contributed by atoms with Crippen LogP contribution < -0.4 is 5.32 Å². The van der Waals surface area contributed by atoms with E-state index in [1.165, 1.54) is 6.42 Å². The van der Waals surface area contributed by atoms with E-state index in [9.17, 15) is 4.79 Å². The highest BCUT2D eigenvalue weighted by Crippen LogP contribution is 2.26. The number of carbonyl (C=O) groups excluding carboxylic acids is 1. The van der Waals surface area contributed by atoms with Gasteiger partial charge in [0.1, 0.15) is 0 Å². The van der Waals surface area contributed by atoms with Crippen molar-refractivity contribution in [1.29, 1.82) is 0 Å². The molecule has 2 fully saturated rings. The van der Waals surface area contributed by atoms with Crippen LogP contribution in [0.25, 0.3) is 0 Å². The standard InChI is InChI=1S/C8H14N2O/c1-10-3-2-6-4-9-5-7(6)8(10)11/h6-7,9H,2-5H2,1H3. The Labute approximate surface area is 66.8 Å². The molecular formula is C8H14N2O. The summed E-state index contributed by atoms with van der Waals surface area (Å²) in [6, 6.07) is 0. The number of carbonyl (C=O) groups is 1. The van der Waals surface area contributed by atoms with Gasteiger partial charge in [-0.1, -0.05) is 0 Å². The van der Waals surface area contributed by atoms with E-state index >= 15 is 0 Å². The van der Waals surface area contributed by atoms with E-state index < -0.39 is 0 Å². The maximum absolute atomic E-state index is 11.5. The van der Waals surface area contributed by atoms with Gasteiger partial charge in [0.15, 0.2) is 0 Å². The lowest BCUT2D eigenvalue weighted by atomic mass is 9.88. The predicted octanol–water partition coefficient (Wildman–Crippen LogP) is -0.316. The molecule has 0 aliphatic carbocycles. The summed E-state index contributed by atoms with van der Waals surface area (Å²) in [7, 11) is 1.90. The molecular weight excluding hydrogens is 140 g/mol. The number of hydrogen-bond donors (Lipinski definition) is 1. The summed E-state index contributed by atoms with van der Waals surface area (Å²) in [5.74, 6) is 1.25.